The molecule has 0 spiro atoms. The van der Waals surface area contributed by atoms with E-state index in [1.165, 1.54) is 44.3 Å². The minimum atomic E-state index is -0.729. The highest BCUT2D eigenvalue weighted by molar-refractivity contribution is 7.99. The minimum Gasteiger partial charge on any atom is -0.493 e. The molecule has 2 atom stereocenters. The lowest BCUT2D eigenvalue weighted by molar-refractivity contribution is -0.137. The topological polar surface area (TPSA) is 99.5 Å². The summed E-state index contributed by atoms with van der Waals surface area (Å²) >= 11 is 1.47. The van der Waals surface area contributed by atoms with Gasteiger partial charge in [-0.05, 0) is 25.1 Å². The molecule has 1 aromatic heterocycles. The zero-order valence-electron chi connectivity index (χ0n) is 17.2. The van der Waals surface area contributed by atoms with Crippen LogP contribution < -0.4 is 19.7 Å². The second-order valence-electron chi connectivity index (χ2n) is 6.28. The van der Waals surface area contributed by atoms with Gasteiger partial charge in [0, 0.05) is 16.9 Å². The molecule has 30 heavy (non-hydrogen) atoms. The molecule has 2 aromatic rings. The predicted molar refractivity (Wildman–Crippen MR) is 110 cm³/mol. The van der Waals surface area contributed by atoms with E-state index < -0.39 is 17.3 Å². The second kappa shape index (κ2) is 9.77. The first-order valence-corrected chi connectivity index (χ1v) is 10.3. The highest BCUT2D eigenvalue weighted by atomic mass is 32.2. The van der Waals surface area contributed by atoms with E-state index in [2.05, 4.69) is 5.48 Å². The van der Waals surface area contributed by atoms with Crippen molar-refractivity contribution in [3.63, 3.8) is 0 Å². The van der Waals surface area contributed by atoms with Gasteiger partial charge in [0.05, 0.1) is 40.5 Å². The van der Waals surface area contributed by atoms with Gasteiger partial charge in [-0.25, -0.2) is 5.48 Å². The van der Waals surface area contributed by atoms with Crippen LogP contribution in [-0.2, 0) is 9.63 Å². The number of nitrogens with zero attached hydrogens (tertiary/aromatic N) is 1. The number of methoxy groups -OCH3 is 3. The molecule has 1 aliphatic heterocycles. The number of rotatable bonds is 8. The van der Waals surface area contributed by atoms with Gasteiger partial charge in [-0.1, -0.05) is 0 Å². The number of carbonyl (C=O) groups is 2. The van der Waals surface area contributed by atoms with Gasteiger partial charge in [-0.2, -0.15) is 0 Å². The summed E-state index contributed by atoms with van der Waals surface area (Å²) in [6, 6.07) is 4.18. The van der Waals surface area contributed by atoms with Crippen LogP contribution in [0.1, 0.15) is 28.2 Å². The third kappa shape index (κ3) is 4.19. The van der Waals surface area contributed by atoms with Crippen molar-refractivity contribution in [3.8, 4) is 17.2 Å². The van der Waals surface area contributed by atoms with Crippen LogP contribution in [0.5, 0.6) is 17.2 Å². The SMILES string of the molecule is CCONC(=O)C1CSC(c2ccoc2)N1C(=O)c1cc(OC)c(OC)c(OC)c1. The Bertz CT molecular complexity index is 862. The quantitative estimate of drug-likeness (QED) is 0.631. The second-order valence-corrected chi connectivity index (χ2v) is 7.40. The molecule has 0 saturated carbocycles. The molecule has 2 unspecified atom stereocenters. The maximum atomic E-state index is 13.6. The van der Waals surface area contributed by atoms with E-state index in [9.17, 15) is 9.59 Å². The molecular formula is C20H24N2O7S. The van der Waals surface area contributed by atoms with Crippen molar-refractivity contribution in [2.45, 2.75) is 18.3 Å². The van der Waals surface area contributed by atoms with Crippen LogP contribution in [0.15, 0.2) is 35.1 Å². The summed E-state index contributed by atoms with van der Waals surface area (Å²) in [6.07, 6.45) is 3.10. The molecule has 1 fully saturated rings. The number of nitrogens with one attached hydrogen (secondary N) is 1. The summed E-state index contributed by atoms with van der Waals surface area (Å²) in [6.45, 7) is 2.08. The van der Waals surface area contributed by atoms with E-state index in [-0.39, 0.29) is 5.91 Å². The normalized spacial score (nSPS) is 18.2. The van der Waals surface area contributed by atoms with Gasteiger partial charge in [-0.15, -0.1) is 11.8 Å². The maximum absolute atomic E-state index is 13.6. The fourth-order valence-corrected chi connectivity index (χ4v) is 4.60. The lowest BCUT2D eigenvalue weighted by atomic mass is 10.1. The molecule has 2 heterocycles. The van der Waals surface area contributed by atoms with Crippen molar-refractivity contribution < 1.29 is 33.1 Å². The number of benzene rings is 1. The van der Waals surface area contributed by atoms with Crippen LogP contribution in [0.25, 0.3) is 0 Å². The zero-order valence-corrected chi connectivity index (χ0v) is 18.0. The molecule has 9 nitrogen and oxygen atoms in total. The van der Waals surface area contributed by atoms with Crippen molar-refractivity contribution in [3.05, 3.63) is 41.9 Å². The van der Waals surface area contributed by atoms with Crippen LogP contribution in [-0.4, -0.2) is 56.4 Å². The molecular weight excluding hydrogens is 412 g/mol. The number of amides is 2. The largest absolute Gasteiger partial charge is 0.493 e. The third-order valence-corrected chi connectivity index (χ3v) is 5.92. The summed E-state index contributed by atoms with van der Waals surface area (Å²) in [5.41, 5.74) is 3.49. The van der Waals surface area contributed by atoms with Crippen molar-refractivity contribution in [1.29, 1.82) is 0 Å². The lowest BCUT2D eigenvalue weighted by Crippen LogP contribution is -2.48. The molecule has 162 valence electrons. The standard InChI is InChI=1S/C20H24N2O7S/c1-5-29-21-18(23)14-11-30-20(12-6-7-28-10-12)22(14)19(24)13-8-15(25-2)17(27-4)16(9-13)26-3/h6-10,14,20H,5,11H2,1-4H3,(H,21,23). The average molecular weight is 436 g/mol. The van der Waals surface area contributed by atoms with E-state index in [1.54, 1.807) is 31.4 Å². The van der Waals surface area contributed by atoms with E-state index in [0.29, 0.717) is 35.2 Å². The molecule has 10 heteroatoms. The number of carbonyl (C=O) groups excluding carboxylic acids is 2. The molecule has 0 aliphatic carbocycles. The minimum absolute atomic E-state index is 0.301. The molecule has 1 saturated heterocycles. The number of hydrogen-bond donors (Lipinski definition) is 1. The van der Waals surface area contributed by atoms with E-state index in [4.69, 9.17) is 23.5 Å². The summed E-state index contributed by atoms with van der Waals surface area (Å²) in [4.78, 5) is 32.8. The number of furan rings is 1. The van der Waals surface area contributed by atoms with Crippen molar-refractivity contribution in [2.75, 3.05) is 33.7 Å². The molecule has 0 bridgehead atoms. The van der Waals surface area contributed by atoms with Gasteiger partial charge < -0.3 is 23.5 Å². The monoisotopic (exact) mass is 436 g/mol. The van der Waals surface area contributed by atoms with E-state index >= 15 is 0 Å². The average Bonchev–Trinajstić information content (AvgIpc) is 3.45. The first kappa shape index (κ1) is 21.8. The summed E-state index contributed by atoms with van der Waals surface area (Å²) in [7, 11) is 4.44. The van der Waals surface area contributed by atoms with Crippen LogP contribution in [0.2, 0.25) is 0 Å². The Morgan fingerprint density at radius 3 is 2.43 bits per heavy atom. The number of thioether (sulfide) groups is 1. The molecule has 1 N–H and O–H groups in total. The van der Waals surface area contributed by atoms with Gasteiger partial charge in [0.1, 0.15) is 11.4 Å². The summed E-state index contributed by atoms with van der Waals surface area (Å²) in [5, 5.41) is -0.396. The third-order valence-electron chi connectivity index (χ3n) is 4.59. The van der Waals surface area contributed by atoms with Crippen molar-refractivity contribution in [2.24, 2.45) is 0 Å². The molecule has 1 aliphatic rings. The van der Waals surface area contributed by atoms with Gasteiger partial charge in [0.2, 0.25) is 5.75 Å². The summed E-state index contributed by atoms with van der Waals surface area (Å²) < 4.78 is 21.2. The smallest absolute Gasteiger partial charge is 0.267 e. The molecule has 1 aromatic carbocycles. The first-order valence-electron chi connectivity index (χ1n) is 9.23. The van der Waals surface area contributed by atoms with Crippen molar-refractivity contribution in [1.82, 2.24) is 10.4 Å². The zero-order chi connectivity index (χ0) is 21.7. The van der Waals surface area contributed by atoms with Gasteiger partial charge in [0.15, 0.2) is 11.5 Å². The number of hydroxylamine groups is 1. The van der Waals surface area contributed by atoms with Crippen LogP contribution in [0, 0.1) is 0 Å². The van der Waals surface area contributed by atoms with E-state index in [1.807, 2.05) is 0 Å². The summed E-state index contributed by atoms with van der Waals surface area (Å²) in [5.74, 6) is 0.734. The Morgan fingerprint density at radius 1 is 1.20 bits per heavy atom. The molecule has 3 rings (SSSR count). The number of hydrogen-bond acceptors (Lipinski definition) is 8. The van der Waals surface area contributed by atoms with Gasteiger partial charge >= 0.3 is 0 Å². The van der Waals surface area contributed by atoms with Crippen LogP contribution in [0.3, 0.4) is 0 Å². The maximum Gasteiger partial charge on any atom is 0.267 e. The van der Waals surface area contributed by atoms with Crippen molar-refractivity contribution >= 4 is 23.6 Å². The van der Waals surface area contributed by atoms with E-state index in [0.717, 1.165) is 5.56 Å². The fourth-order valence-electron chi connectivity index (χ4n) is 3.19. The highest BCUT2D eigenvalue weighted by Crippen LogP contribution is 2.44. The Kier molecular flexibility index (Phi) is 7.11. The Balaban J connectivity index is 2.01. The Labute approximate surface area is 178 Å². The van der Waals surface area contributed by atoms with Gasteiger partial charge in [-0.3, -0.25) is 14.4 Å². The molecule has 2 amide bonds. The molecule has 0 radical (unpaired) electrons. The van der Waals surface area contributed by atoms with Crippen LogP contribution in [0.4, 0.5) is 0 Å². The van der Waals surface area contributed by atoms with Gasteiger partial charge in [0.25, 0.3) is 11.8 Å². The lowest BCUT2D eigenvalue weighted by Gasteiger charge is -2.28. The predicted octanol–water partition coefficient (Wildman–Crippen LogP) is 2.63. The Morgan fingerprint density at radius 2 is 1.90 bits per heavy atom. The van der Waals surface area contributed by atoms with Crippen LogP contribution >= 0.6 is 11.8 Å². The Hall–Kier alpha value is -2.85. The number of ether oxygens (including phenoxy) is 3. The first-order chi connectivity index (χ1) is 14.5. The fraction of sp³-hybridized carbons (Fsp3) is 0.400. The highest BCUT2D eigenvalue weighted by Gasteiger charge is 2.43.